The third-order valence-electron chi connectivity index (χ3n) is 3.57. The number of benzene rings is 2. The molecule has 2 aromatic rings. The molecule has 4 nitrogen and oxygen atoms in total. The number of hydrogen-bond acceptors (Lipinski definition) is 4. The third kappa shape index (κ3) is 4.53. The van der Waals surface area contributed by atoms with Crippen LogP contribution in [-0.4, -0.2) is 32.9 Å². The van der Waals surface area contributed by atoms with E-state index in [1.54, 1.807) is 31.1 Å². The molecule has 0 aliphatic heterocycles. The van der Waals surface area contributed by atoms with Gasteiger partial charge in [-0.3, -0.25) is 0 Å². The minimum Gasteiger partial charge on any atom is -0.380 e. The molecular formula is C17H18F4N2O2S. The highest BCUT2D eigenvalue weighted by atomic mass is 32.2. The molecule has 0 heterocycles. The fourth-order valence-electron chi connectivity index (χ4n) is 2.34. The number of anilines is 1. The Bertz CT molecular complexity index is 881. The van der Waals surface area contributed by atoms with Crippen LogP contribution in [0.5, 0.6) is 0 Å². The Kier molecular flexibility index (Phi) is 5.92. The molecule has 0 aliphatic rings. The largest absolute Gasteiger partial charge is 0.501 e. The summed E-state index contributed by atoms with van der Waals surface area (Å²) in [6.07, 6.45) is 0. The first-order chi connectivity index (χ1) is 12.0. The van der Waals surface area contributed by atoms with Crippen LogP contribution in [0.3, 0.4) is 0 Å². The van der Waals surface area contributed by atoms with Gasteiger partial charge in [-0.1, -0.05) is 24.3 Å². The van der Waals surface area contributed by atoms with Gasteiger partial charge in [0.15, 0.2) is 0 Å². The van der Waals surface area contributed by atoms with Crippen molar-refractivity contribution in [2.24, 2.45) is 0 Å². The van der Waals surface area contributed by atoms with Crippen molar-refractivity contribution in [1.82, 2.24) is 4.90 Å². The summed E-state index contributed by atoms with van der Waals surface area (Å²) in [6, 6.07) is 9.23. The minimum absolute atomic E-state index is 0.0243. The normalized spacial score (nSPS) is 12.4. The molecule has 0 fully saturated rings. The number of alkyl halides is 3. The van der Waals surface area contributed by atoms with E-state index in [1.807, 2.05) is 0 Å². The Hall–Kier alpha value is -2.13. The number of para-hydroxylation sites is 1. The van der Waals surface area contributed by atoms with Crippen molar-refractivity contribution in [3.8, 4) is 0 Å². The van der Waals surface area contributed by atoms with Gasteiger partial charge in [-0.2, -0.15) is 13.2 Å². The zero-order valence-electron chi connectivity index (χ0n) is 14.1. The fraction of sp³-hybridized carbons (Fsp3) is 0.294. The molecule has 0 aliphatic carbocycles. The van der Waals surface area contributed by atoms with Crippen molar-refractivity contribution >= 4 is 15.5 Å². The average Bonchev–Trinajstić information content (AvgIpc) is 2.54. The summed E-state index contributed by atoms with van der Waals surface area (Å²) in [4.78, 5) is 0.936. The maximum absolute atomic E-state index is 14.1. The first-order valence-corrected chi connectivity index (χ1v) is 9.07. The molecule has 0 saturated heterocycles. The molecular weight excluding hydrogens is 372 g/mol. The van der Waals surface area contributed by atoms with Crippen molar-refractivity contribution in [3.05, 3.63) is 59.4 Å². The van der Waals surface area contributed by atoms with Crippen LogP contribution in [0.1, 0.15) is 11.1 Å². The van der Waals surface area contributed by atoms with Crippen LogP contribution in [0, 0.1) is 5.82 Å². The second kappa shape index (κ2) is 7.63. The van der Waals surface area contributed by atoms with Crippen molar-refractivity contribution in [1.29, 1.82) is 0 Å². The van der Waals surface area contributed by atoms with Crippen LogP contribution in [0.2, 0.25) is 0 Å². The van der Waals surface area contributed by atoms with Crippen LogP contribution >= 0.6 is 0 Å². The van der Waals surface area contributed by atoms with E-state index in [0.717, 1.165) is 6.07 Å². The standard InChI is InChI=1S/C17H18F4N2O2S/c1-23(2)11-13-8-7-12(9-14(13)18)10-22-15-5-3-4-6-16(15)26(24,25)17(19,20)21/h3-9,22H,10-11H2,1-2H3. The summed E-state index contributed by atoms with van der Waals surface area (Å²) in [7, 11) is -1.88. The zero-order valence-corrected chi connectivity index (χ0v) is 15.0. The number of hydrogen-bond donors (Lipinski definition) is 1. The van der Waals surface area contributed by atoms with Crippen molar-refractivity contribution in [2.45, 2.75) is 23.5 Å². The van der Waals surface area contributed by atoms with Gasteiger partial charge >= 0.3 is 5.51 Å². The van der Waals surface area contributed by atoms with Gasteiger partial charge in [0, 0.05) is 18.7 Å². The van der Waals surface area contributed by atoms with E-state index in [-0.39, 0.29) is 12.2 Å². The summed E-state index contributed by atoms with van der Waals surface area (Å²) >= 11 is 0. The van der Waals surface area contributed by atoms with Gasteiger partial charge < -0.3 is 10.2 Å². The molecule has 0 aromatic heterocycles. The Morgan fingerprint density at radius 1 is 1.08 bits per heavy atom. The van der Waals surface area contributed by atoms with Gasteiger partial charge in [0.2, 0.25) is 0 Å². The minimum atomic E-state index is -5.48. The Morgan fingerprint density at radius 2 is 1.73 bits per heavy atom. The number of halogens is 4. The van der Waals surface area contributed by atoms with Gasteiger partial charge in [0.25, 0.3) is 9.84 Å². The van der Waals surface area contributed by atoms with E-state index in [9.17, 15) is 26.0 Å². The van der Waals surface area contributed by atoms with Gasteiger partial charge in [-0.25, -0.2) is 12.8 Å². The number of sulfone groups is 1. The summed E-state index contributed by atoms with van der Waals surface area (Å²) in [5.74, 6) is -0.436. The van der Waals surface area contributed by atoms with Crippen LogP contribution < -0.4 is 5.32 Å². The van der Waals surface area contributed by atoms with Crippen molar-refractivity contribution < 1.29 is 26.0 Å². The highest BCUT2D eigenvalue weighted by Gasteiger charge is 2.47. The monoisotopic (exact) mass is 390 g/mol. The van der Waals surface area contributed by atoms with Gasteiger partial charge in [-0.15, -0.1) is 0 Å². The van der Waals surface area contributed by atoms with Crippen molar-refractivity contribution in [3.63, 3.8) is 0 Å². The van der Waals surface area contributed by atoms with Crippen LogP contribution in [0.4, 0.5) is 23.2 Å². The molecule has 0 amide bonds. The summed E-state index contributed by atoms with van der Waals surface area (Å²) in [6.45, 7) is 0.385. The lowest BCUT2D eigenvalue weighted by Gasteiger charge is -2.15. The summed E-state index contributed by atoms with van der Waals surface area (Å²) < 4.78 is 75.8. The van der Waals surface area contributed by atoms with Gasteiger partial charge in [-0.05, 0) is 37.9 Å². The topological polar surface area (TPSA) is 49.4 Å². The highest BCUT2D eigenvalue weighted by molar-refractivity contribution is 7.92. The van der Waals surface area contributed by atoms with E-state index >= 15 is 0 Å². The van der Waals surface area contributed by atoms with E-state index in [0.29, 0.717) is 17.7 Å². The van der Waals surface area contributed by atoms with Crippen molar-refractivity contribution in [2.75, 3.05) is 19.4 Å². The van der Waals surface area contributed by atoms with E-state index < -0.39 is 26.1 Å². The Morgan fingerprint density at radius 3 is 2.31 bits per heavy atom. The molecule has 0 bridgehead atoms. The van der Waals surface area contributed by atoms with Gasteiger partial charge in [0.05, 0.1) is 10.6 Å². The first-order valence-electron chi connectivity index (χ1n) is 7.58. The number of rotatable bonds is 6. The Balaban J connectivity index is 2.23. The quantitative estimate of drug-likeness (QED) is 0.763. The predicted octanol–water partition coefficient (Wildman–Crippen LogP) is 3.79. The van der Waals surface area contributed by atoms with E-state index in [1.165, 1.54) is 24.3 Å². The molecule has 2 rings (SSSR count). The molecule has 2 aromatic carbocycles. The molecule has 0 spiro atoms. The average molecular weight is 390 g/mol. The summed E-state index contributed by atoms with van der Waals surface area (Å²) in [5.41, 5.74) is -4.63. The lowest BCUT2D eigenvalue weighted by atomic mass is 10.1. The maximum atomic E-state index is 14.1. The summed E-state index contributed by atoms with van der Waals surface area (Å²) in [5, 5.41) is 2.64. The third-order valence-corrected chi connectivity index (χ3v) is 5.11. The molecule has 142 valence electrons. The molecule has 1 N–H and O–H groups in total. The molecule has 0 unspecified atom stereocenters. The fourth-order valence-corrected chi connectivity index (χ4v) is 3.28. The lowest BCUT2D eigenvalue weighted by molar-refractivity contribution is -0.0435. The smallest absolute Gasteiger partial charge is 0.380 e. The van der Waals surface area contributed by atoms with Gasteiger partial charge in [0.1, 0.15) is 5.82 Å². The van der Waals surface area contributed by atoms with Crippen LogP contribution in [0.15, 0.2) is 47.4 Å². The predicted molar refractivity (Wildman–Crippen MR) is 90.8 cm³/mol. The first kappa shape index (κ1) is 20.2. The van der Waals surface area contributed by atoms with Crippen LogP contribution in [0.25, 0.3) is 0 Å². The number of nitrogens with zero attached hydrogens (tertiary/aromatic N) is 1. The van der Waals surface area contributed by atoms with Crippen LogP contribution in [-0.2, 0) is 22.9 Å². The zero-order chi connectivity index (χ0) is 19.5. The maximum Gasteiger partial charge on any atom is 0.501 e. The highest BCUT2D eigenvalue weighted by Crippen LogP contribution is 2.34. The second-order valence-electron chi connectivity index (χ2n) is 5.96. The number of nitrogens with one attached hydrogen (secondary N) is 1. The SMILES string of the molecule is CN(C)Cc1ccc(CNc2ccccc2S(=O)(=O)C(F)(F)F)cc1F. The Labute approximate surface area is 149 Å². The molecule has 26 heavy (non-hydrogen) atoms. The van der Waals surface area contributed by atoms with E-state index in [2.05, 4.69) is 5.32 Å². The van der Waals surface area contributed by atoms with E-state index in [4.69, 9.17) is 0 Å². The molecule has 9 heteroatoms. The molecule has 0 atom stereocenters. The lowest BCUT2D eigenvalue weighted by Crippen LogP contribution is -2.24. The molecule has 0 radical (unpaired) electrons. The molecule has 0 saturated carbocycles. The second-order valence-corrected chi connectivity index (χ2v) is 7.87.